The van der Waals surface area contributed by atoms with E-state index in [1.165, 1.54) is 6.92 Å². The summed E-state index contributed by atoms with van der Waals surface area (Å²) in [5.41, 5.74) is -1.40. The summed E-state index contributed by atoms with van der Waals surface area (Å²) in [6.07, 6.45) is 2.36. The Bertz CT molecular complexity index is 574. The number of rotatable bonds is 14. The van der Waals surface area contributed by atoms with Crippen LogP contribution in [0.15, 0.2) is 0 Å². The summed E-state index contributed by atoms with van der Waals surface area (Å²) in [6.45, 7) is 9.26. The number of phosphoric ester groups is 1. The summed E-state index contributed by atoms with van der Waals surface area (Å²) in [7, 11) is -4.25. The first-order valence-corrected chi connectivity index (χ1v) is 11.0. The average molecular weight is 423 g/mol. The number of esters is 1. The minimum absolute atomic E-state index is 0.0306. The number of hydrogen-bond acceptors (Lipinski definition) is 7. The third-order valence-electron chi connectivity index (χ3n) is 4.42. The second-order valence-electron chi connectivity index (χ2n) is 8.15. The highest BCUT2D eigenvalue weighted by molar-refractivity contribution is 7.47. The van der Waals surface area contributed by atoms with Gasteiger partial charge in [0.2, 0.25) is 0 Å². The summed E-state index contributed by atoms with van der Waals surface area (Å²) in [5.74, 6) is -0.247. The zero-order valence-corrected chi connectivity index (χ0v) is 18.4. The molecule has 0 spiro atoms. The molecule has 0 aromatic heterocycles. The second-order valence-corrected chi connectivity index (χ2v) is 9.61. The van der Waals surface area contributed by atoms with Crippen LogP contribution in [0.5, 0.6) is 0 Å². The molecule has 1 fully saturated rings. The SMILES string of the molecule is CC(=O)OCC1(COP(=O)(O)OCCNC(=O)C(C)(C)OCCC(C)C)CC1. The van der Waals surface area contributed by atoms with Gasteiger partial charge in [-0.2, -0.15) is 0 Å². The monoisotopic (exact) mass is 423 g/mol. The smallest absolute Gasteiger partial charge is 0.465 e. The van der Waals surface area contributed by atoms with E-state index in [-0.39, 0.29) is 32.3 Å². The fourth-order valence-corrected chi connectivity index (χ4v) is 3.00. The molecule has 10 heteroatoms. The standard InChI is InChI=1S/C18H34NO8P/c1-14(2)6-10-25-17(4,5)16(21)19-9-11-26-28(22,23)27-13-18(7-8-18)12-24-15(3)20/h14H,6-13H2,1-5H3,(H,19,21)(H,22,23). The summed E-state index contributed by atoms with van der Waals surface area (Å²) in [5, 5.41) is 2.62. The van der Waals surface area contributed by atoms with Gasteiger partial charge in [-0.15, -0.1) is 0 Å². The summed E-state index contributed by atoms with van der Waals surface area (Å²) in [4.78, 5) is 32.8. The first-order valence-electron chi connectivity index (χ1n) is 9.55. The molecule has 0 aliphatic heterocycles. The molecule has 0 saturated heterocycles. The van der Waals surface area contributed by atoms with Gasteiger partial charge in [0.1, 0.15) is 5.60 Å². The molecule has 1 saturated carbocycles. The lowest BCUT2D eigenvalue weighted by molar-refractivity contribution is -0.144. The van der Waals surface area contributed by atoms with Crippen molar-refractivity contribution in [2.24, 2.45) is 11.3 Å². The van der Waals surface area contributed by atoms with Gasteiger partial charge in [-0.25, -0.2) is 4.57 Å². The van der Waals surface area contributed by atoms with Crippen LogP contribution in [0.3, 0.4) is 0 Å². The van der Waals surface area contributed by atoms with E-state index in [9.17, 15) is 19.0 Å². The van der Waals surface area contributed by atoms with Crippen molar-refractivity contribution in [1.29, 1.82) is 0 Å². The van der Waals surface area contributed by atoms with E-state index in [4.69, 9.17) is 18.5 Å². The van der Waals surface area contributed by atoms with Crippen LogP contribution >= 0.6 is 7.82 Å². The van der Waals surface area contributed by atoms with E-state index >= 15 is 0 Å². The number of carbonyl (C=O) groups excluding carboxylic acids is 2. The first-order chi connectivity index (χ1) is 12.9. The largest absolute Gasteiger partial charge is 0.472 e. The summed E-state index contributed by atoms with van der Waals surface area (Å²) in [6, 6.07) is 0. The predicted molar refractivity (Wildman–Crippen MR) is 103 cm³/mol. The molecule has 0 aromatic rings. The van der Waals surface area contributed by atoms with Gasteiger partial charge < -0.3 is 19.7 Å². The maximum atomic E-state index is 12.2. The van der Waals surface area contributed by atoms with Gasteiger partial charge >= 0.3 is 13.8 Å². The van der Waals surface area contributed by atoms with E-state index < -0.39 is 24.8 Å². The minimum atomic E-state index is -4.25. The lowest BCUT2D eigenvalue weighted by Gasteiger charge is -2.25. The lowest BCUT2D eigenvalue weighted by atomic mass is 10.1. The van der Waals surface area contributed by atoms with Gasteiger partial charge in [0.05, 0.1) is 19.8 Å². The van der Waals surface area contributed by atoms with Crippen LogP contribution in [0.25, 0.3) is 0 Å². The molecule has 1 aliphatic rings. The van der Waals surface area contributed by atoms with Crippen molar-refractivity contribution in [3.63, 3.8) is 0 Å². The number of amides is 1. The van der Waals surface area contributed by atoms with E-state index in [2.05, 4.69) is 19.2 Å². The van der Waals surface area contributed by atoms with Gasteiger partial charge in [-0.3, -0.25) is 18.6 Å². The molecule has 164 valence electrons. The summed E-state index contributed by atoms with van der Waals surface area (Å²) >= 11 is 0. The normalized spacial score (nSPS) is 17.8. The Balaban J connectivity index is 2.25. The fourth-order valence-electron chi connectivity index (χ4n) is 2.17. The van der Waals surface area contributed by atoms with Crippen LogP contribution in [0.4, 0.5) is 0 Å². The number of phosphoric acid groups is 1. The minimum Gasteiger partial charge on any atom is -0.465 e. The molecule has 9 nitrogen and oxygen atoms in total. The molecule has 28 heavy (non-hydrogen) atoms. The van der Waals surface area contributed by atoms with E-state index in [0.29, 0.717) is 12.5 Å². The third-order valence-corrected chi connectivity index (χ3v) is 5.38. The average Bonchev–Trinajstić information content (AvgIpc) is 3.35. The van der Waals surface area contributed by atoms with Crippen molar-refractivity contribution in [2.75, 3.05) is 33.0 Å². The number of carbonyl (C=O) groups is 2. The van der Waals surface area contributed by atoms with Crippen LogP contribution in [-0.2, 0) is 32.7 Å². The molecule has 1 rings (SSSR count). The molecule has 1 unspecified atom stereocenters. The van der Waals surface area contributed by atoms with E-state index in [1.807, 2.05) is 0 Å². The van der Waals surface area contributed by atoms with Crippen LogP contribution in [0.1, 0.15) is 53.9 Å². The maximum absolute atomic E-state index is 12.2. The molecule has 1 aliphatic carbocycles. The van der Waals surface area contributed by atoms with Crippen molar-refractivity contribution in [3.05, 3.63) is 0 Å². The Morgan fingerprint density at radius 3 is 2.36 bits per heavy atom. The lowest BCUT2D eigenvalue weighted by Crippen LogP contribution is -2.45. The van der Waals surface area contributed by atoms with Crippen molar-refractivity contribution < 1.29 is 37.6 Å². The van der Waals surface area contributed by atoms with Gasteiger partial charge in [0, 0.05) is 25.5 Å². The Labute approximate surface area is 167 Å². The topological polar surface area (TPSA) is 120 Å². The quantitative estimate of drug-likeness (QED) is 0.248. The Morgan fingerprint density at radius 2 is 1.82 bits per heavy atom. The van der Waals surface area contributed by atoms with E-state index in [1.54, 1.807) is 13.8 Å². The molecular formula is C18H34NO8P. The van der Waals surface area contributed by atoms with Gasteiger partial charge in [-0.1, -0.05) is 13.8 Å². The highest BCUT2D eigenvalue weighted by Crippen LogP contribution is 2.51. The molecule has 0 radical (unpaired) electrons. The predicted octanol–water partition coefficient (Wildman–Crippen LogP) is 2.42. The molecule has 0 bridgehead atoms. The van der Waals surface area contributed by atoms with Crippen molar-refractivity contribution in [3.8, 4) is 0 Å². The van der Waals surface area contributed by atoms with Crippen molar-refractivity contribution in [2.45, 2.75) is 59.5 Å². The zero-order chi connectivity index (χ0) is 21.4. The molecular weight excluding hydrogens is 389 g/mol. The highest BCUT2D eigenvalue weighted by Gasteiger charge is 2.46. The summed E-state index contributed by atoms with van der Waals surface area (Å²) < 4.78 is 32.4. The van der Waals surface area contributed by atoms with Gasteiger partial charge in [0.25, 0.3) is 5.91 Å². The molecule has 0 heterocycles. The van der Waals surface area contributed by atoms with E-state index in [0.717, 1.165) is 19.3 Å². The molecule has 0 aromatic carbocycles. The van der Waals surface area contributed by atoms with Gasteiger partial charge in [0.15, 0.2) is 0 Å². The van der Waals surface area contributed by atoms with Crippen molar-refractivity contribution >= 4 is 19.7 Å². The Kier molecular flexibility index (Phi) is 9.56. The third kappa shape index (κ3) is 9.98. The molecule has 1 atom stereocenters. The van der Waals surface area contributed by atoms with Crippen LogP contribution in [0, 0.1) is 11.3 Å². The van der Waals surface area contributed by atoms with Crippen molar-refractivity contribution in [1.82, 2.24) is 5.32 Å². The Hall–Kier alpha value is -0.990. The fraction of sp³-hybridized carbons (Fsp3) is 0.889. The van der Waals surface area contributed by atoms with Gasteiger partial charge in [-0.05, 0) is 39.0 Å². The number of hydrogen-bond donors (Lipinski definition) is 2. The molecule has 1 amide bonds. The number of nitrogens with one attached hydrogen (secondary N) is 1. The van der Waals surface area contributed by atoms with Crippen LogP contribution < -0.4 is 5.32 Å². The maximum Gasteiger partial charge on any atom is 0.472 e. The molecule has 2 N–H and O–H groups in total. The second kappa shape index (κ2) is 10.7. The highest BCUT2D eigenvalue weighted by atomic mass is 31.2. The van der Waals surface area contributed by atoms with Crippen LogP contribution in [-0.4, -0.2) is 55.3 Å². The zero-order valence-electron chi connectivity index (χ0n) is 17.5. The first kappa shape index (κ1) is 25.0. The number of ether oxygens (including phenoxy) is 2. The Morgan fingerprint density at radius 1 is 1.18 bits per heavy atom. The van der Waals surface area contributed by atoms with Crippen LogP contribution in [0.2, 0.25) is 0 Å².